The fraction of sp³-hybridized carbons (Fsp3) is 0.292. The van der Waals surface area contributed by atoms with Gasteiger partial charge in [0.25, 0.3) is 17.7 Å². The maximum absolute atomic E-state index is 14.1. The van der Waals surface area contributed by atoms with E-state index in [0.717, 1.165) is 6.07 Å². The SMILES string of the molecule is COc1ccc(F)cc1C(=O)NCc1ccc(C(N)=C(C(N)=O)C(N)=NC2COCCC2(F)F)cc1. The number of rotatable bonds is 8. The zero-order valence-electron chi connectivity index (χ0n) is 19.4. The predicted molar refractivity (Wildman–Crippen MR) is 127 cm³/mol. The smallest absolute Gasteiger partial charge is 0.274 e. The van der Waals surface area contributed by atoms with E-state index in [1.165, 1.54) is 31.4 Å². The lowest BCUT2D eigenvalue weighted by atomic mass is 10.0. The Balaban J connectivity index is 1.77. The number of carbonyl (C=O) groups is 2. The van der Waals surface area contributed by atoms with Crippen LogP contribution in [-0.4, -0.2) is 49.9 Å². The summed E-state index contributed by atoms with van der Waals surface area (Å²) in [4.78, 5) is 28.3. The third kappa shape index (κ3) is 6.13. The van der Waals surface area contributed by atoms with Gasteiger partial charge < -0.3 is 32.0 Å². The van der Waals surface area contributed by atoms with Crippen molar-refractivity contribution in [3.63, 3.8) is 0 Å². The molecule has 1 fully saturated rings. The lowest BCUT2D eigenvalue weighted by Gasteiger charge is -2.28. The topological polar surface area (TPSA) is 155 Å². The van der Waals surface area contributed by atoms with E-state index in [1.54, 1.807) is 12.1 Å². The maximum Gasteiger partial charge on any atom is 0.274 e. The molecule has 2 amide bonds. The van der Waals surface area contributed by atoms with Crippen molar-refractivity contribution in [3.05, 3.63) is 70.5 Å². The van der Waals surface area contributed by atoms with Gasteiger partial charge in [0.1, 0.15) is 29.0 Å². The molecule has 0 radical (unpaired) electrons. The fourth-order valence-electron chi connectivity index (χ4n) is 3.53. The Kier molecular flexibility index (Phi) is 8.20. The lowest BCUT2D eigenvalue weighted by Crippen LogP contribution is -2.43. The van der Waals surface area contributed by atoms with Crippen LogP contribution in [0.5, 0.6) is 5.75 Å². The number of ether oxygens (including phenoxy) is 2. The molecule has 1 saturated heterocycles. The van der Waals surface area contributed by atoms with E-state index >= 15 is 0 Å². The summed E-state index contributed by atoms with van der Waals surface area (Å²) < 4.78 is 51.9. The number of hydrogen-bond donors (Lipinski definition) is 4. The summed E-state index contributed by atoms with van der Waals surface area (Å²) in [6, 6.07) is 8.31. The Hall–Kier alpha value is -4.06. The monoisotopic (exact) mass is 505 g/mol. The molecule has 9 nitrogen and oxygen atoms in total. The summed E-state index contributed by atoms with van der Waals surface area (Å²) in [7, 11) is 1.37. The molecule has 12 heteroatoms. The minimum absolute atomic E-state index is 0.0381. The first kappa shape index (κ1) is 26.5. The molecule has 1 aliphatic heterocycles. The van der Waals surface area contributed by atoms with Crippen LogP contribution in [0.15, 0.2) is 53.0 Å². The third-order valence-electron chi connectivity index (χ3n) is 5.53. The Morgan fingerprint density at radius 1 is 1.17 bits per heavy atom. The highest BCUT2D eigenvalue weighted by Crippen LogP contribution is 2.30. The Morgan fingerprint density at radius 3 is 2.47 bits per heavy atom. The molecule has 0 bridgehead atoms. The van der Waals surface area contributed by atoms with E-state index in [0.29, 0.717) is 11.1 Å². The molecular formula is C24H26F3N5O4. The van der Waals surface area contributed by atoms with Crippen molar-refractivity contribution < 1.29 is 32.2 Å². The average Bonchev–Trinajstić information content (AvgIpc) is 2.84. The van der Waals surface area contributed by atoms with Crippen LogP contribution in [0, 0.1) is 5.82 Å². The minimum atomic E-state index is -3.15. The highest BCUT2D eigenvalue weighted by molar-refractivity contribution is 6.24. The first-order valence-electron chi connectivity index (χ1n) is 10.8. The fourth-order valence-corrected chi connectivity index (χ4v) is 3.53. The van der Waals surface area contributed by atoms with Gasteiger partial charge in [-0.05, 0) is 29.3 Å². The number of carbonyl (C=O) groups excluding carboxylic acids is 2. The van der Waals surface area contributed by atoms with E-state index in [-0.39, 0.29) is 36.8 Å². The number of aliphatic imine (C=N–C) groups is 1. The second-order valence-electron chi connectivity index (χ2n) is 7.99. The summed E-state index contributed by atoms with van der Waals surface area (Å²) >= 11 is 0. The molecule has 0 saturated carbocycles. The van der Waals surface area contributed by atoms with Gasteiger partial charge in [0.05, 0.1) is 31.6 Å². The van der Waals surface area contributed by atoms with Crippen LogP contribution in [0.25, 0.3) is 5.70 Å². The molecule has 7 N–H and O–H groups in total. The van der Waals surface area contributed by atoms with Crippen molar-refractivity contribution in [3.8, 4) is 5.75 Å². The highest BCUT2D eigenvalue weighted by Gasteiger charge is 2.42. The van der Waals surface area contributed by atoms with Crippen LogP contribution in [-0.2, 0) is 16.1 Å². The molecule has 0 aliphatic carbocycles. The van der Waals surface area contributed by atoms with Gasteiger partial charge >= 0.3 is 0 Å². The molecule has 1 atom stereocenters. The first-order chi connectivity index (χ1) is 17.0. The van der Waals surface area contributed by atoms with Crippen LogP contribution >= 0.6 is 0 Å². The molecule has 1 aliphatic rings. The van der Waals surface area contributed by atoms with Gasteiger partial charge in [-0.1, -0.05) is 24.3 Å². The maximum atomic E-state index is 14.1. The molecule has 36 heavy (non-hydrogen) atoms. The summed E-state index contributed by atoms with van der Waals surface area (Å²) in [6.07, 6.45) is -0.524. The zero-order valence-corrected chi connectivity index (χ0v) is 19.4. The second kappa shape index (κ2) is 11.1. The van der Waals surface area contributed by atoms with Crippen molar-refractivity contribution in [1.82, 2.24) is 5.32 Å². The van der Waals surface area contributed by atoms with E-state index in [1.807, 2.05) is 0 Å². The largest absolute Gasteiger partial charge is 0.496 e. The van der Waals surface area contributed by atoms with Crippen molar-refractivity contribution >= 4 is 23.3 Å². The molecule has 2 aromatic carbocycles. The van der Waals surface area contributed by atoms with Crippen LogP contribution < -0.4 is 27.3 Å². The van der Waals surface area contributed by atoms with E-state index in [2.05, 4.69) is 10.3 Å². The molecule has 1 unspecified atom stereocenters. The number of nitrogens with one attached hydrogen (secondary N) is 1. The number of primary amides is 1. The molecule has 1 heterocycles. The normalized spacial score (nSPS) is 18.2. The van der Waals surface area contributed by atoms with Gasteiger partial charge in [0.2, 0.25) is 0 Å². The number of nitrogens with two attached hydrogens (primary N) is 3. The first-order valence-corrected chi connectivity index (χ1v) is 10.8. The Bertz CT molecular complexity index is 1200. The average molecular weight is 505 g/mol. The molecule has 3 rings (SSSR count). The minimum Gasteiger partial charge on any atom is -0.496 e. The molecule has 0 spiro atoms. The number of hydrogen-bond acceptors (Lipinski definition) is 6. The molecule has 2 aromatic rings. The van der Waals surface area contributed by atoms with Crippen LogP contribution in [0.3, 0.4) is 0 Å². The summed E-state index contributed by atoms with van der Waals surface area (Å²) in [5.41, 5.74) is 17.8. The van der Waals surface area contributed by atoms with Crippen LogP contribution in [0.1, 0.15) is 27.9 Å². The zero-order chi connectivity index (χ0) is 26.5. The molecule has 192 valence electrons. The number of methoxy groups -OCH3 is 1. The molecule has 0 aromatic heterocycles. The number of alkyl halides is 2. The molecular weight excluding hydrogens is 479 g/mol. The third-order valence-corrected chi connectivity index (χ3v) is 5.53. The van der Waals surface area contributed by atoms with Gasteiger partial charge in [-0.15, -0.1) is 0 Å². The van der Waals surface area contributed by atoms with Crippen LogP contribution in [0.2, 0.25) is 0 Å². The Morgan fingerprint density at radius 2 is 1.86 bits per heavy atom. The quantitative estimate of drug-likeness (QED) is 0.243. The number of nitrogens with zero attached hydrogens (tertiary/aromatic N) is 1. The lowest BCUT2D eigenvalue weighted by molar-refractivity contribution is -0.114. The summed E-state index contributed by atoms with van der Waals surface area (Å²) in [6.45, 7) is -0.380. The van der Waals surface area contributed by atoms with Gasteiger partial charge in [0, 0.05) is 13.0 Å². The van der Waals surface area contributed by atoms with Crippen molar-refractivity contribution in [2.45, 2.75) is 24.9 Å². The van der Waals surface area contributed by atoms with E-state index in [4.69, 9.17) is 26.7 Å². The number of benzene rings is 2. The summed E-state index contributed by atoms with van der Waals surface area (Å²) in [5, 5.41) is 2.65. The van der Waals surface area contributed by atoms with Crippen molar-refractivity contribution in [2.24, 2.45) is 22.2 Å². The van der Waals surface area contributed by atoms with E-state index in [9.17, 15) is 22.8 Å². The van der Waals surface area contributed by atoms with Crippen molar-refractivity contribution in [2.75, 3.05) is 20.3 Å². The summed E-state index contributed by atoms with van der Waals surface area (Å²) in [5.74, 6) is -5.61. The second-order valence-corrected chi connectivity index (χ2v) is 7.99. The van der Waals surface area contributed by atoms with E-state index < -0.39 is 47.4 Å². The Labute approximate surface area is 205 Å². The highest BCUT2D eigenvalue weighted by atomic mass is 19.3. The van der Waals surface area contributed by atoms with Crippen molar-refractivity contribution in [1.29, 1.82) is 0 Å². The number of amides is 2. The number of halogens is 3. The van der Waals surface area contributed by atoms with Gasteiger partial charge in [-0.3, -0.25) is 14.6 Å². The standard InChI is InChI=1S/C24H26F3N5O4/c1-35-17-7-6-15(25)10-16(17)23(34)31-11-13-2-4-14(5-3-13)20(28)19(22(30)33)21(29)32-18-12-36-9-8-24(18,26)27/h2-7,10,18H,8-9,11-12,28H2,1H3,(H2,29,32)(H2,30,33)(H,31,34). The van der Waals surface area contributed by atoms with Gasteiger partial charge in [0.15, 0.2) is 0 Å². The van der Waals surface area contributed by atoms with Gasteiger partial charge in [-0.25, -0.2) is 13.2 Å². The number of amidine groups is 1. The predicted octanol–water partition coefficient (Wildman–Crippen LogP) is 1.70. The van der Waals surface area contributed by atoms with Gasteiger partial charge in [-0.2, -0.15) is 0 Å². The van der Waals surface area contributed by atoms with Crippen LogP contribution in [0.4, 0.5) is 13.2 Å².